The molecule has 4 aromatic rings. The second-order valence-corrected chi connectivity index (χ2v) is 9.34. The highest BCUT2D eigenvalue weighted by Gasteiger charge is 2.20. The van der Waals surface area contributed by atoms with Gasteiger partial charge < -0.3 is 28.8 Å². The van der Waals surface area contributed by atoms with E-state index < -0.39 is 5.97 Å². The van der Waals surface area contributed by atoms with Gasteiger partial charge in [-0.3, -0.25) is 0 Å². The van der Waals surface area contributed by atoms with Crippen molar-refractivity contribution >= 4 is 23.0 Å². The number of hydrogen-bond acceptors (Lipinski definition) is 10. The van der Waals surface area contributed by atoms with Crippen LogP contribution in [0.25, 0.3) is 22.6 Å². The first-order chi connectivity index (χ1) is 17.5. The molecule has 36 heavy (non-hydrogen) atoms. The summed E-state index contributed by atoms with van der Waals surface area (Å²) in [6.07, 6.45) is 0. The van der Waals surface area contributed by atoms with Crippen molar-refractivity contribution in [3.8, 4) is 34.5 Å². The molecule has 9 nitrogen and oxygen atoms in total. The Morgan fingerprint density at radius 2 is 1.97 bits per heavy atom. The normalized spacial score (nSPS) is 13.4. The quantitative estimate of drug-likeness (QED) is 0.374. The number of aryl methyl sites for hydroxylation is 1. The lowest BCUT2D eigenvalue weighted by molar-refractivity contribution is -0.254. The van der Waals surface area contributed by atoms with Crippen LogP contribution in [0.5, 0.6) is 5.88 Å². The average Bonchev–Trinajstić information content (AvgIpc) is 3.57. The number of carboxylic acids is 1. The minimum Gasteiger partial charge on any atom is -0.544 e. The van der Waals surface area contributed by atoms with Crippen molar-refractivity contribution in [2.45, 2.75) is 13.5 Å². The van der Waals surface area contributed by atoms with Gasteiger partial charge in [-0.15, -0.1) is 11.3 Å². The summed E-state index contributed by atoms with van der Waals surface area (Å²) in [6, 6.07) is 16.8. The maximum atomic E-state index is 11.1. The molecule has 1 aliphatic heterocycles. The zero-order chi connectivity index (χ0) is 25.1. The number of carbonyl (C=O) groups excluding carboxylic acids is 1. The number of aromatic nitrogens is 2. The molecule has 0 aliphatic carbocycles. The first-order valence-corrected chi connectivity index (χ1v) is 12.1. The lowest BCUT2D eigenvalue weighted by atomic mass is 10.0. The van der Waals surface area contributed by atoms with E-state index in [1.807, 2.05) is 24.3 Å². The number of nitrogens with zero attached hydrogens (tertiary/aromatic N) is 4. The number of carbonyl (C=O) groups is 1. The van der Waals surface area contributed by atoms with Crippen LogP contribution in [0.2, 0.25) is 0 Å². The number of hydrogen-bond donors (Lipinski definition) is 0. The monoisotopic (exact) mass is 501 g/mol. The standard InChI is InChI=1S/C26H22N4O5S/c1-16-12-23(35-29-16)20-13-22(17-2-4-18(5-3-17)30-8-10-33-11-9-30)28-25(21(20)14-27)34-15-19-6-7-24(36-19)26(31)32/h2-7,12-13H,8-11,15H2,1H3,(H,31,32)/p-1. The third kappa shape index (κ3) is 4.93. The second kappa shape index (κ2) is 10.2. The van der Waals surface area contributed by atoms with Gasteiger partial charge in [0.15, 0.2) is 5.76 Å². The highest BCUT2D eigenvalue weighted by Crippen LogP contribution is 2.35. The minimum absolute atomic E-state index is 0.0495. The van der Waals surface area contributed by atoms with Crippen LogP contribution in [0, 0.1) is 18.3 Å². The number of anilines is 1. The van der Waals surface area contributed by atoms with Crippen LogP contribution in [0.3, 0.4) is 0 Å². The van der Waals surface area contributed by atoms with Crippen molar-refractivity contribution in [2.24, 2.45) is 0 Å². The van der Waals surface area contributed by atoms with Gasteiger partial charge >= 0.3 is 0 Å². The lowest BCUT2D eigenvalue weighted by Crippen LogP contribution is -2.36. The molecule has 0 bridgehead atoms. The van der Waals surface area contributed by atoms with Crippen LogP contribution in [0.15, 0.2) is 53.1 Å². The van der Waals surface area contributed by atoms with E-state index in [4.69, 9.17) is 14.0 Å². The van der Waals surface area contributed by atoms with Crippen molar-refractivity contribution in [2.75, 3.05) is 31.2 Å². The Morgan fingerprint density at radius 1 is 1.19 bits per heavy atom. The number of nitriles is 1. The van der Waals surface area contributed by atoms with E-state index >= 15 is 0 Å². The molecule has 1 aromatic carbocycles. The van der Waals surface area contributed by atoms with Crippen LogP contribution >= 0.6 is 11.3 Å². The third-order valence-corrected chi connectivity index (χ3v) is 6.78. The summed E-state index contributed by atoms with van der Waals surface area (Å²) in [5, 5.41) is 25.0. The van der Waals surface area contributed by atoms with E-state index in [1.54, 1.807) is 25.1 Å². The maximum absolute atomic E-state index is 11.1. The fourth-order valence-corrected chi connectivity index (χ4v) is 4.69. The molecule has 182 valence electrons. The van der Waals surface area contributed by atoms with E-state index in [0.29, 0.717) is 40.8 Å². The number of aromatic carboxylic acids is 1. The van der Waals surface area contributed by atoms with Gasteiger partial charge in [0.2, 0.25) is 5.88 Å². The summed E-state index contributed by atoms with van der Waals surface area (Å²) in [5.74, 6) is -0.690. The summed E-state index contributed by atoms with van der Waals surface area (Å²) in [6.45, 7) is 4.93. The number of carboxylic acid groups (broad SMARTS) is 1. The van der Waals surface area contributed by atoms with Gasteiger partial charge in [0, 0.05) is 40.8 Å². The molecule has 1 fully saturated rings. The third-order valence-electron chi connectivity index (χ3n) is 5.74. The zero-order valence-corrected chi connectivity index (χ0v) is 20.2. The van der Waals surface area contributed by atoms with E-state index in [0.717, 1.165) is 35.7 Å². The van der Waals surface area contributed by atoms with Gasteiger partial charge in [0.1, 0.15) is 18.2 Å². The molecule has 0 N–H and O–H groups in total. The fraction of sp³-hybridized carbons (Fsp3) is 0.231. The Balaban J connectivity index is 1.51. The van der Waals surface area contributed by atoms with Crippen LogP contribution in [-0.4, -0.2) is 42.4 Å². The SMILES string of the molecule is Cc1cc(-c2cc(-c3ccc(N4CCOCC4)cc3)nc(OCc3ccc(C(=O)[O-])s3)c2C#N)on1. The van der Waals surface area contributed by atoms with Crippen LogP contribution < -0.4 is 14.7 Å². The molecule has 1 saturated heterocycles. The van der Waals surface area contributed by atoms with Crippen LogP contribution in [0.4, 0.5) is 5.69 Å². The highest BCUT2D eigenvalue weighted by atomic mass is 32.1. The Bertz CT molecular complexity index is 1430. The van der Waals surface area contributed by atoms with Crippen molar-refractivity contribution < 1.29 is 23.9 Å². The van der Waals surface area contributed by atoms with Gasteiger partial charge in [-0.05, 0) is 37.3 Å². The summed E-state index contributed by atoms with van der Waals surface area (Å²) < 4.78 is 16.8. The average molecular weight is 502 g/mol. The molecule has 4 heterocycles. The molecule has 10 heteroatoms. The molecule has 0 unspecified atom stereocenters. The summed E-state index contributed by atoms with van der Waals surface area (Å²) >= 11 is 1.05. The molecule has 0 radical (unpaired) electrons. The van der Waals surface area contributed by atoms with Gasteiger partial charge in [0.25, 0.3) is 0 Å². The Hall–Kier alpha value is -4.20. The first kappa shape index (κ1) is 23.5. The van der Waals surface area contributed by atoms with E-state index in [-0.39, 0.29) is 22.9 Å². The maximum Gasteiger partial charge on any atom is 0.233 e. The van der Waals surface area contributed by atoms with Crippen LogP contribution in [-0.2, 0) is 11.3 Å². The fourth-order valence-electron chi connectivity index (χ4n) is 3.94. The topological polar surface area (TPSA) is 125 Å². The number of rotatable bonds is 7. The number of morpholine rings is 1. The molecule has 0 spiro atoms. The van der Waals surface area contributed by atoms with Gasteiger partial charge in [0.05, 0.1) is 35.4 Å². The second-order valence-electron chi connectivity index (χ2n) is 8.17. The largest absolute Gasteiger partial charge is 0.544 e. The highest BCUT2D eigenvalue weighted by molar-refractivity contribution is 7.13. The molecule has 0 amide bonds. The first-order valence-electron chi connectivity index (χ1n) is 11.3. The molecule has 5 rings (SSSR count). The molecule has 1 aliphatic rings. The van der Waals surface area contributed by atoms with Gasteiger partial charge in [-0.2, -0.15) is 5.26 Å². The van der Waals surface area contributed by atoms with Crippen molar-refractivity contribution in [3.63, 3.8) is 0 Å². The van der Waals surface area contributed by atoms with E-state index in [9.17, 15) is 15.2 Å². The zero-order valence-electron chi connectivity index (χ0n) is 19.4. The Kier molecular flexibility index (Phi) is 6.66. The van der Waals surface area contributed by atoms with E-state index in [2.05, 4.69) is 21.1 Å². The number of benzene rings is 1. The smallest absolute Gasteiger partial charge is 0.233 e. The molecule has 3 aromatic heterocycles. The van der Waals surface area contributed by atoms with Gasteiger partial charge in [-0.25, -0.2) is 4.98 Å². The number of ether oxygens (including phenoxy) is 2. The molecule has 0 saturated carbocycles. The Labute approximate surface area is 211 Å². The molecular weight excluding hydrogens is 480 g/mol. The predicted octanol–water partition coefficient (Wildman–Crippen LogP) is 3.42. The lowest BCUT2D eigenvalue weighted by Gasteiger charge is -2.28. The van der Waals surface area contributed by atoms with E-state index in [1.165, 1.54) is 6.07 Å². The number of pyridine rings is 1. The van der Waals surface area contributed by atoms with Crippen LogP contribution in [0.1, 0.15) is 25.8 Å². The van der Waals surface area contributed by atoms with Crippen molar-refractivity contribution in [1.82, 2.24) is 10.1 Å². The molecule has 0 atom stereocenters. The summed E-state index contributed by atoms with van der Waals surface area (Å²) in [5.41, 5.74) is 3.93. The van der Waals surface area contributed by atoms with Crippen molar-refractivity contribution in [3.05, 3.63) is 69.5 Å². The predicted molar refractivity (Wildman–Crippen MR) is 131 cm³/mol. The van der Waals surface area contributed by atoms with Crippen molar-refractivity contribution in [1.29, 1.82) is 5.26 Å². The minimum atomic E-state index is -1.24. The van der Waals surface area contributed by atoms with Gasteiger partial charge in [-0.1, -0.05) is 17.3 Å². The molecular formula is C26H21N4O5S-. The number of thiophene rings is 1. The summed E-state index contributed by atoms with van der Waals surface area (Å²) in [7, 11) is 0. The Morgan fingerprint density at radius 3 is 2.61 bits per heavy atom. The summed E-state index contributed by atoms with van der Waals surface area (Å²) in [4.78, 5) is 18.8.